The molecule has 0 spiro atoms. The van der Waals surface area contributed by atoms with E-state index in [1.165, 1.54) is 0 Å². The maximum Gasteiger partial charge on any atom is 0.107 e. The van der Waals surface area contributed by atoms with E-state index in [-0.39, 0.29) is 39.9 Å². The van der Waals surface area contributed by atoms with E-state index in [2.05, 4.69) is 11.8 Å². The van der Waals surface area contributed by atoms with E-state index < -0.39 is 5.41 Å². The number of hydrogen-bond acceptors (Lipinski definition) is 3. The fourth-order valence-electron chi connectivity index (χ4n) is 0.786. The second-order valence-electron chi connectivity index (χ2n) is 3.05. The lowest BCUT2D eigenvalue weighted by Gasteiger charge is -2.25. The van der Waals surface area contributed by atoms with Gasteiger partial charge < -0.3 is 14.6 Å². The van der Waals surface area contributed by atoms with Crippen LogP contribution in [0.3, 0.4) is 0 Å². The van der Waals surface area contributed by atoms with Gasteiger partial charge in [0.15, 0.2) is 0 Å². The summed E-state index contributed by atoms with van der Waals surface area (Å²) in [5, 5.41) is 9.19. The Hall–Kier alpha value is -1.00. The monoisotopic (exact) mass is 197 g/mol. The van der Waals surface area contributed by atoms with Crippen molar-refractivity contribution in [1.29, 1.82) is 0 Å². The molecule has 0 aliphatic heterocycles. The molecular weight excluding hydrogens is 180 g/mol. The van der Waals surface area contributed by atoms with Crippen molar-refractivity contribution >= 4 is 0 Å². The fraction of sp³-hybridized carbons (Fsp3) is 0.636. The van der Waals surface area contributed by atoms with Crippen molar-refractivity contribution in [2.24, 2.45) is 5.41 Å². The van der Waals surface area contributed by atoms with Crippen LogP contribution in [0.25, 0.3) is 0 Å². The maximum atomic E-state index is 9.19. The molecule has 3 heteroatoms. The predicted octanol–water partition coefficient (Wildman–Crippen LogP) is 0.285. The zero-order valence-electron chi connectivity index (χ0n) is 9.16. The van der Waals surface area contributed by atoms with E-state index >= 15 is 0 Å². The summed E-state index contributed by atoms with van der Waals surface area (Å²) in [6.07, 6.45) is 10.0. The average molecular weight is 197 g/mol. The Morgan fingerprint density at radius 1 is 1.29 bits per heavy atom. The van der Waals surface area contributed by atoms with Crippen LogP contribution in [0.15, 0.2) is 0 Å². The van der Waals surface area contributed by atoms with Crippen molar-refractivity contribution in [3.8, 4) is 24.7 Å². The fourth-order valence-corrected chi connectivity index (χ4v) is 0.786. The van der Waals surface area contributed by atoms with Crippen LogP contribution in [0.5, 0.6) is 0 Å². The maximum absolute atomic E-state index is 9.19. The highest BCUT2D eigenvalue weighted by atomic mass is 16.5. The Balaban J connectivity index is 4.07. The van der Waals surface area contributed by atoms with Crippen molar-refractivity contribution in [2.45, 2.75) is 6.90 Å². The molecule has 0 saturated carbocycles. The molecule has 0 aromatic rings. The summed E-state index contributed by atoms with van der Waals surface area (Å²) in [7, 11) is 0. The third-order valence-corrected chi connectivity index (χ3v) is 1.52. The summed E-state index contributed by atoms with van der Waals surface area (Å²) in [4.78, 5) is 0. The average Bonchev–Trinajstić information content (AvgIpc) is 2.28. The molecule has 0 fully saturated rings. The Kier molecular flexibility index (Phi) is 5.86. The third-order valence-electron chi connectivity index (χ3n) is 1.52. The van der Waals surface area contributed by atoms with E-state index in [9.17, 15) is 5.11 Å². The molecule has 0 aromatic heterocycles. The first-order valence-corrected chi connectivity index (χ1v) is 4.17. The summed E-state index contributed by atoms with van der Waals surface area (Å²) in [5.74, 6) is 4.63. The second-order valence-corrected chi connectivity index (χ2v) is 3.05. The number of ether oxygens (including phenoxy) is 2. The number of aliphatic hydroxyl groups excluding tert-OH is 1. The minimum atomic E-state index is -0.728. The minimum Gasteiger partial charge on any atom is -0.396 e. The molecule has 78 valence electrons. The number of hydrogen-bond donors (Lipinski definition) is 1. The van der Waals surface area contributed by atoms with Gasteiger partial charge in [0.1, 0.15) is 13.2 Å². The molecule has 0 aliphatic carbocycles. The SMILES string of the molecule is [2H]CC(CO)(COCC#C)COCC#C. The normalized spacial score (nSPS) is 11.5. The molecule has 0 heterocycles. The zero-order valence-corrected chi connectivity index (χ0v) is 8.16. The Morgan fingerprint density at radius 2 is 1.79 bits per heavy atom. The molecule has 0 aliphatic rings. The first kappa shape index (κ1) is 11.1. The van der Waals surface area contributed by atoms with Gasteiger partial charge in [-0.2, -0.15) is 0 Å². The van der Waals surface area contributed by atoms with Gasteiger partial charge in [-0.15, -0.1) is 12.8 Å². The minimum absolute atomic E-state index is 0.00135. The topological polar surface area (TPSA) is 38.7 Å². The number of rotatable bonds is 7. The Morgan fingerprint density at radius 3 is 2.07 bits per heavy atom. The molecule has 0 aromatic carbocycles. The molecule has 1 N–H and O–H groups in total. The van der Waals surface area contributed by atoms with Crippen LogP contribution < -0.4 is 0 Å². The van der Waals surface area contributed by atoms with Gasteiger partial charge in [0.2, 0.25) is 0 Å². The van der Waals surface area contributed by atoms with E-state index in [1.807, 2.05) is 0 Å². The van der Waals surface area contributed by atoms with Crippen LogP contribution in [0.1, 0.15) is 8.27 Å². The lowest BCUT2D eigenvalue weighted by Crippen LogP contribution is -2.33. The quantitative estimate of drug-likeness (QED) is 0.471. The summed E-state index contributed by atoms with van der Waals surface area (Å²) in [5.41, 5.74) is -0.728. The molecule has 0 unspecified atom stereocenters. The van der Waals surface area contributed by atoms with Crippen LogP contribution in [0.2, 0.25) is 0 Å². The zero-order chi connectivity index (χ0) is 11.6. The molecule has 14 heavy (non-hydrogen) atoms. The van der Waals surface area contributed by atoms with Crippen molar-refractivity contribution in [3.05, 3.63) is 0 Å². The van der Waals surface area contributed by atoms with E-state index in [0.29, 0.717) is 0 Å². The predicted molar refractivity (Wildman–Crippen MR) is 54.5 cm³/mol. The van der Waals surface area contributed by atoms with Crippen molar-refractivity contribution in [1.82, 2.24) is 0 Å². The molecule has 0 bridgehead atoms. The van der Waals surface area contributed by atoms with Crippen molar-refractivity contribution < 1.29 is 16.0 Å². The molecule has 0 radical (unpaired) electrons. The molecule has 0 saturated heterocycles. The van der Waals surface area contributed by atoms with E-state index in [4.69, 9.17) is 23.7 Å². The molecule has 0 atom stereocenters. The van der Waals surface area contributed by atoms with Gasteiger partial charge in [0.05, 0.1) is 19.8 Å². The molecular formula is C11H16O3. The number of terminal acetylenes is 2. The van der Waals surface area contributed by atoms with Gasteiger partial charge >= 0.3 is 0 Å². The van der Waals surface area contributed by atoms with Crippen LogP contribution in [0, 0.1) is 30.1 Å². The molecule has 0 amide bonds. The Bertz CT molecular complexity index is 213. The van der Waals surface area contributed by atoms with Crippen LogP contribution in [0.4, 0.5) is 0 Å². The standard InChI is InChI=1S/C11H16O3/c1-4-6-13-9-11(3,8-12)10-14-7-5-2/h1-2,12H,6-10H2,3H3/i3D. The first-order valence-electron chi connectivity index (χ1n) is 4.88. The van der Waals surface area contributed by atoms with Crippen molar-refractivity contribution in [2.75, 3.05) is 33.0 Å². The van der Waals surface area contributed by atoms with Crippen LogP contribution in [-0.4, -0.2) is 38.1 Å². The lowest BCUT2D eigenvalue weighted by molar-refractivity contribution is -0.0271. The summed E-state index contributed by atoms with van der Waals surface area (Å²) in [6, 6.07) is 0. The molecule has 0 rings (SSSR count). The van der Waals surface area contributed by atoms with E-state index in [0.717, 1.165) is 0 Å². The third kappa shape index (κ3) is 5.61. The highest BCUT2D eigenvalue weighted by molar-refractivity contribution is 4.85. The summed E-state index contributed by atoms with van der Waals surface area (Å²) in [6.45, 7) is 0.529. The van der Waals surface area contributed by atoms with Gasteiger partial charge in [-0.3, -0.25) is 0 Å². The van der Waals surface area contributed by atoms with E-state index in [1.54, 1.807) is 0 Å². The number of aliphatic hydroxyl groups is 1. The van der Waals surface area contributed by atoms with Gasteiger partial charge in [-0.1, -0.05) is 18.7 Å². The van der Waals surface area contributed by atoms with Crippen LogP contribution >= 0.6 is 0 Å². The van der Waals surface area contributed by atoms with Gasteiger partial charge in [0.25, 0.3) is 0 Å². The highest BCUT2D eigenvalue weighted by Gasteiger charge is 2.23. The smallest absolute Gasteiger partial charge is 0.107 e. The van der Waals surface area contributed by atoms with Crippen molar-refractivity contribution in [3.63, 3.8) is 0 Å². The summed E-state index contributed by atoms with van der Waals surface area (Å²) >= 11 is 0. The van der Waals surface area contributed by atoms with Gasteiger partial charge in [-0.05, 0) is 0 Å². The highest BCUT2D eigenvalue weighted by Crippen LogP contribution is 2.16. The Labute approximate surface area is 86.8 Å². The van der Waals surface area contributed by atoms with Gasteiger partial charge in [0, 0.05) is 6.79 Å². The lowest BCUT2D eigenvalue weighted by atomic mass is 9.94. The van der Waals surface area contributed by atoms with Gasteiger partial charge in [-0.25, -0.2) is 0 Å². The summed E-state index contributed by atoms with van der Waals surface area (Å²) < 4.78 is 17.6. The second kappa shape index (κ2) is 7.41. The largest absolute Gasteiger partial charge is 0.396 e. The molecule has 3 nitrogen and oxygen atoms in total. The first-order chi connectivity index (χ1) is 7.24. The van der Waals surface area contributed by atoms with Crippen LogP contribution in [-0.2, 0) is 9.47 Å².